The van der Waals surface area contributed by atoms with Crippen molar-refractivity contribution in [2.75, 3.05) is 13.1 Å². The summed E-state index contributed by atoms with van der Waals surface area (Å²) in [4.78, 5) is 14.7. The van der Waals surface area contributed by atoms with Gasteiger partial charge in [0, 0.05) is 19.6 Å². The van der Waals surface area contributed by atoms with E-state index in [1.54, 1.807) is 48.2 Å². The summed E-state index contributed by atoms with van der Waals surface area (Å²) in [6.07, 6.45) is 3.56. The molecule has 1 N–H and O–H groups in total. The highest BCUT2D eigenvalue weighted by atomic mass is 32.2. The normalized spacial score (nSPS) is 16.7. The van der Waals surface area contributed by atoms with Crippen LogP contribution in [-0.4, -0.2) is 53.9 Å². The second kappa shape index (κ2) is 10.2. The lowest BCUT2D eigenvalue weighted by Gasteiger charge is -2.33. The molecule has 2 atom stereocenters. The number of allylic oxidation sites excluding steroid dienone is 1. The molecule has 166 valence electrons. The van der Waals surface area contributed by atoms with Crippen molar-refractivity contribution in [1.82, 2.24) is 9.21 Å². The van der Waals surface area contributed by atoms with Gasteiger partial charge in [0.2, 0.25) is 10.0 Å². The zero-order valence-corrected chi connectivity index (χ0v) is 18.8. The molecule has 1 fully saturated rings. The number of sulfonamides is 1. The van der Waals surface area contributed by atoms with Crippen molar-refractivity contribution in [1.29, 1.82) is 0 Å². The third-order valence-corrected chi connectivity index (χ3v) is 7.38. The largest absolute Gasteiger partial charge is 0.381 e. The second-order valence-corrected chi connectivity index (χ2v) is 9.73. The number of hydrogen-bond acceptors (Lipinski definition) is 4. The lowest BCUT2D eigenvalue weighted by atomic mass is 10.1. The first-order valence-corrected chi connectivity index (χ1v) is 12.0. The van der Waals surface area contributed by atoms with E-state index in [0.717, 1.165) is 24.0 Å². The van der Waals surface area contributed by atoms with Crippen molar-refractivity contribution in [3.8, 4) is 0 Å². The molecule has 1 saturated heterocycles. The molecule has 1 aliphatic rings. The van der Waals surface area contributed by atoms with Crippen LogP contribution >= 0.6 is 0 Å². The van der Waals surface area contributed by atoms with Crippen LogP contribution in [0.15, 0.2) is 71.6 Å². The van der Waals surface area contributed by atoms with Crippen LogP contribution in [-0.2, 0) is 21.4 Å². The van der Waals surface area contributed by atoms with Crippen molar-refractivity contribution in [2.24, 2.45) is 0 Å². The predicted molar refractivity (Wildman–Crippen MR) is 121 cm³/mol. The van der Waals surface area contributed by atoms with Gasteiger partial charge in [-0.1, -0.05) is 60.2 Å². The van der Waals surface area contributed by atoms with Gasteiger partial charge >= 0.3 is 0 Å². The van der Waals surface area contributed by atoms with Crippen molar-refractivity contribution in [3.63, 3.8) is 0 Å². The van der Waals surface area contributed by atoms with E-state index >= 15 is 0 Å². The summed E-state index contributed by atoms with van der Waals surface area (Å²) in [5.74, 6) is -0.433. The molecule has 1 aliphatic heterocycles. The zero-order valence-electron chi connectivity index (χ0n) is 18.0. The van der Waals surface area contributed by atoms with Crippen LogP contribution in [0.25, 0.3) is 0 Å². The first-order valence-electron chi connectivity index (χ1n) is 10.6. The molecule has 3 rings (SSSR count). The molecule has 0 aliphatic carbocycles. The number of benzene rings is 2. The van der Waals surface area contributed by atoms with Gasteiger partial charge in [-0.15, -0.1) is 0 Å². The number of aliphatic hydroxyl groups is 1. The number of aryl methyl sites for hydroxylation is 1. The van der Waals surface area contributed by atoms with Gasteiger partial charge in [0.1, 0.15) is 0 Å². The van der Waals surface area contributed by atoms with Crippen LogP contribution in [0, 0.1) is 6.92 Å². The van der Waals surface area contributed by atoms with Gasteiger partial charge in [0.05, 0.1) is 10.9 Å². The van der Waals surface area contributed by atoms with Gasteiger partial charge in [0.25, 0.3) is 5.91 Å². The number of nitrogens with zero attached hydrogens (tertiary/aromatic N) is 2. The number of carbonyl (C=O) groups is 1. The first kappa shape index (κ1) is 23.2. The SMILES string of the molecule is C/C=C\[C@@H]([C@@H](O)C(=O)N1CCCC1)N(Cc1ccccc1)S(=O)(=O)c1ccc(C)cc1. The number of hydrogen-bond donors (Lipinski definition) is 1. The standard InChI is InChI=1S/C24H30N2O4S/c1-3-9-22(23(27)24(28)25-16-7-8-17-25)26(18-20-10-5-4-6-11-20)31(29,30)21-14-12-19(2)13-15-21/h3-6,9-15,22-23,27H,7-8,16-18H2,1-2H3/b9-3-/t22-,23+/m0/s1. The molecule has 31 heavy (non-hydrogen) atoms. The molecule has 0 bridgehead atoms. The van der Waals surface area contributed by atoms with E-state index in [2.05, 4.69) is 0 Å². The number of aliphatic hydroxyl groups excluding tert-OH is 1. The molecule has 0 saturated carbocycles. The van der Waals surface area contributed by atoms with E-state index < -0.39 is 28.1 Å². The highest BCUT2D eigenvalue weighted by molar-refractivity contribution is 7.89. The van der Waals surface area contributed by atoms with Gasteiger partial charge in [-0.2, -0.15) is 4.31 Å². The topological polar surface area (TPSA) is 77.9 Å². The molecule has 0 aromatic heterocycles. The van der Waals surface area contributed by atoms with E-state index in [1.165, 1.54) is 4.31 Å². The molecule has 0 spiro atoms. The lowest BCUT2D eigenvalue weighted by molar-refractivity contribution is -0.140. The minimum Gasteiger partial charge on any atom is -0.381 e. The average Bonchev–Trinajstić information content (AvgIpc) is 3.31. The quantitative estimate of drug-likeness (QED) is 0.637. The Labute approximate surface area is 184 Å². The van der Waals surface area contributed by atoms with Gasteiger partial charge in [-0.25, -0.2) is 8.42 Å². The Balaban J connectivity index is 2.03. The molecular weight excluding hydrogens is 412 g/mol. The summed E-state index contributed by atoms with van der Waals surface area (Å²) < 4.78 is 28.6. The van der Waals surface area contributed by atoms with Crippen molar-refractivity contribution in [3.05, 3.63) is 77.9 Å². The van der Waals surface area contributed by atoms with Gasteiger partial charge < -0.3 is 10.0 Å². The van der Waals surface area contributed by atoms with E-state index in [4.69, 9.17) is 0 Å². The third kappa shape index (κ3) is 5.42. The van der Waals surface area contributed by atoms with Crippen LogP contribution in [0.4, 0.5) is 0 Å². The van der Waals surface area contributed by atoms with Crippen molar-refractivity contribution < 1.29 is 18.3 Å². The minimum atomic E-state index is -3.99. The summed E-state index contributed by atoms with van der Waals surface area (Å²) in [6.45, 7) is 4.85. The smallest absolute Gasteiger partial charge is 0.253 e. The zero-order chi connectivity index (χ0) is 22.4. The van der Waals surface area contributed by atoms with Crippen molar-refractivity contribution >= 4 is 15.9 Å². The fourth-order valence-corrected chi connectivity index (χ4v) is 5.36. The molecule has 2 aromatic carbocycles. The second-order valence-electron chi connectivity index (χ2n) is 7.84. The minimum absolute atomic E-state index is 0.0381. The number of carbonyl (C=O) groups excluding carboxylic acids is 1. The molecule has 7 heteroatoms. The predicted octanol–water partition coefficient (Wildman–Crippen LogP) is 3.11. The number of amides is 1. The summed E-state index contributed by atoms with van der Waals surface area (Å²) in [7, 11) is -3.99. The monoisotopic (exact) mass is 442 g/mol. The summed E-state index contributed by atoms with van der Waals surface area (Å²) in [6, 6.07) is 14.8. The van der Waals surface area contributed by atoms with Crippen LogP contribution < -0.4 is 0 Å². The number of likely N-dealkylation sites (tertiary alicyclic amines) is 1. The van der Waals surface area contributed by atoms with Crippen LogP contribution in [0.1, 0.15) is 30.9 Å². The maximum atomic E-state index is 13.7. The Bertz CT molecular complexity index is 998. The van der Waals surface area contributed by atoms with Gasteiger partial charge in [-0.3, -0.25) is 4.79 Å². The highest BCUT2D eigenvalue weighted by Gasteiger charge is 2.39. The Hall–Kier alpha value is -2.48. The van der Waals surface area contributed by atoms with Crippen LogP contribution in [0.3, 0.4) is 0 Å². The summed E-state index contributed by atoms with van der Waals surface area (Å²) in [5.41, 5.74) is 1.72. The Morgan fingerprint density at radius 2 is 1.71 bits per heavy atom. The summed E-state index contributed by atoms with van der Waals surface area (Å²) >= 11 is 0. The van der Waals surface area contributed by atoms with Crippen molar-refractivity contribution in [2.45, 2.75) is 50.3 Å². The molecule has 1 heterocycles. The molecule has 0 radical (unpaired) electrons. The van der Waals surface area contributed by atoms with Gasteiger partial charge in [-0.05, 0) is 44.4 Å². The van der Waals surface area contributed by atoms with E-state index in [1.807, 2.05) is 37.3 Å². The van der Waals surface area contributed by atoms with E-state index in [-0.39, 0.29) is 11.4 Å². The average molecular weight is 443 g/mol. The molecular formula is C24H30N2O4S. The highest BCUT2D eigenvalue weighted by Crippen LogP contribution is 2.25. The van der Waals surface area contributed by atoms with E-state index in [0.29, 0.717) is 13.1 Å². The van der Waals surface area contributed by atoms with Gasteiger partial charge in [0.15, 0.2) is 6.10 Å². The molecule has 2 aromatic rings. The first-order chi connectivity index (χ1) is 14.8. The molecule has 6 nitrogen and oxygen atoms in total. The Kier molecular flexibility index (Phi) is 7.64. The molecule has 0 unspecified atom stereocenters. The fourth-order valence-electron chi connectivity index (χ4n) is 3.79. The fraction of sp³-hybridized carbons (Fsp3) is 0.375. The third-order valence-electron chi connectivity index (χ3n) is 5.53. The van der Waals surface area contributed by atoms with Crippen LogP contribution in [0.5, 0.6) is 0 Å². The lowest BCUT2D eigenvalue weighted by Crippen LogP contribution is -2.52. The van der Waals surface area contributed by atoms with E-state index in [9.17, 15) is 18.3 Å². The number of rotatable bonds is 8. The maximum Gasteiger partial charge on any atom is 0.253 e. The Morgan fingerprint density at radius 1 is 1.10 bits per heavy atom. The van der Waals surface area contributed by atoms with Crippen LogP contribution in [0.2, 0.25) is 0 Å². The summed E-state index contributed by atoms with van der Waals surface area (Å²) in [5, 5.41) is 11.0. The Morgan fingerprint density at radius 3 is 2.29 bits per heavy atom. The maximum absolute atomic E-state index is 13.7. The molecule has 1 amide bonds.